The molecule has 2 aromatic carbocycles. The molecule has 3 rings (SSSR count). The molecule has 1 aromatic heterocycles. The second kappa shape index (κ2) is 8.56. The number of nitrogens with zero attached hydrogens (tertiary/aromatic N) is 3. The number of carbonyl (C=O) groups excluding carboxylic acids is 1. The molecular weight excluding hydrogens is 356 g/mol. The Morgan fingerprint density at radius 2 is 1.89 bits per heavy atom. The molecule has 0 fully saturated rings. The number of carbonyl (C=O) groups is 1. The molecule has 0 radical (unpaired) electrons. The average Bonchev–Trinajstić information content (AvgIpc) is 2.93. The fourth-order valence-electron chi connectivity index (χ4n) is 2.92. The second-order valence-corrected chi connectivity index (χ2v) is 6.99. The summed E-state index contributed by atoms with van der Waals surface area (Å²) in [5.41, 5.74) is 7.03. The van der Waals surface area contributed by atoms with Gasteiger partial charge < -0.3 is 20.1 Å². The number of primary amides is 1. The van der Waals surface area contributed by atoms with Crippen LogP contribution < -0.4 is 10.5 Å². The molecule has 3 N–H and O–H groups in total. The van der Waals surface area contributed by atoms with E-state index in [1.807, 2.05) is 48.5 Å². The maximum absolute atomic E-state index is 10.9. The van der Waals surface area contributed by atoms with E-state index < -0.39 is 6.03 Å². The van der Waals surface area contributed by atoms with Crippen molar-refractivity contribution in [2.24, 2.45) is 21.9 Å². The summed E-state index contributed by atoms with van der Waals surface area (Å²) in [7, 11) is 0. The smallest absolute Gasteiger partial charge is 0.356 e. The van der Waals surface area contributed by atoms with Gasteiger partial charge in [0.2, 0.25) is 5.88 Å². The van der Waals surface area contributed by atoms with Crippen molar-refractivity contribution in [3.8, 4) is 11.6 Å². The van der Waals surface area contributed by atoms with E-state index in [4.69, 9.17) is 10.5 Å². The summed E-state index contributed by atoms with van der Waals surface area (Å²) in [6, 6.07) is 14.3. The van der Waals surface area contributed by atoms with Crippen molar-refractivity contribution in [3.05, 3.63) is 54.1 Å². The van der Waals surface area contributed by atoms with Gasteiger partial charge in [-0.05, 0) is 36.1 Å². The number of aromatic hydroxyl groups is 1. The van der Waals surface area contributed by atoms with Crippen molar-refractivity contribution in [2.75, 3.05) is 6.61 Å². The molecule has 0 saturated heterocycles. The van der Waals surface area contributed by atoms with Gasteiger partial charge in [-0.2, -0.15) is 0 Å². The molecule has 0 atom stereocenters. The third-order valence-corrected chi connectivity index (χ3v) is 4.39. The molecule has 3 aromatic rings. The Labute approximate surface area is 163 Å². The highest BCUT2D eigenvalue weighted by molar-refractivity contribution is 5.95. The van der Waals surface area contributed by atoms with Gasteiger partial charge in [-0.25, -0.2) is 4.79 Å². The van der Waals surface area contributed by atoms with E-state index in [9.17, 15) is 9.90 Å². The number of urea groups is 1. The molecule has 0 aliphatic heterocycles. The van der Waals surface area contributed by atoms with Crippen LogP contribution in [0.25, 0.3) is 10.9 Å². The zero-order valence-corrected chi connectivity index (χ0v) is 16.0. The third kappa shape index (κ3) is 4.49. The predicted octanol–water partition coefficient (Wildman–Crippen LogP) is 4.98. The Bertz CT molecular complexity index is 991. The first kappa shape index (κ1) is 19.4. The van der Waals surface area contributed by atoms with E-state index in [2.05, 4.69) is 24.1 Å². The highest BCUT2D eigenvalue weighted by Crippen LogP contribution is 2.39. The number of amides is 2. The van der Waals surface area contributed by atoms with Gasteiger partial charge >= 0.3 is 6.03 Å². The van der Waals surface area contributed by atoms with E-state index in [0.717, 1.165) is 23.3 Å². The van der Waals surface area contributed by atoms with Crippen LogP contribution >= 0.6 is 0 Å². The molecule has 1 heterocycles. The minimum atomic E-state index is -0.913. The molecular formula is C21H24N4O3. The van der Waals surface area contributed by atoms with Crippen molar-refractivity contribution >= 4 is 22.6 Å². The largest absolute Gasteiger partial charge is 0.494 e. The van der Waals surface area contributed by atoms with Crippen LogP contribution in [0.5, 0.6) is 11.6 Å². The molecule has 0 aliphatic rings. The predicted molar refractivity (Wildman–Crippen MR) is 108 cm³/mol. The number of azo groups is 1. The summed E-state index contributed by atoms with van der Waals surface area (Å²) < 4.78 is 7.47. The van der Waals surface area contributed by atoms with Gasteiger partial charge in [0.15, 0.2) is 5.69 Å². The van der Waals surface area contributed by atoms with E-state index in [1.54, 1.807) is 4.57 Å². The number of fused-ring (bicyclic) bond motifs is 1. The fraction of sp³-hybridized carbons (Fsp3) is 0.286. The topological polar surface area (TPSA) is 102 Å². The van der Waals surface area contributed by atoms with Crippen molar-refractivity contribution in [1.29, 1.82) is 0 Å². The molecule has 0 bridgehead atoms. The Morgan fingerprint density at radius 3 is 2.57 bits per heavy atom. The summed E-state index contributed by atoms with van der Waals surface area (Å²) >= 11 is 0. The summed E-state index contributed by atoms with van der Waals surface area (Å²) in [5, 5.41) is 18.5. The maximum atomic E-state index is 10.9. The van der Waals surface area contributed by atoms with E-state index >= 15 is 0 Å². The average molecular weight is 380 g/mol. The van der Waals surface area contributed by atoms with E-state index in [1.165, 1.54) is 0 Å². The maximum Gasteiger partial charge on any atom is 0.356 e. The van der Waals surface area contributed by atoms with E-state index in [0.29, 0.717) is 24.5 Å². The summed E-state index contributed by atoms with van der Waals surface area (Å²) in [6.45, 7) is 5.45. The number of rotatable bonds is 7. The van der Waals surface area contributed by atoms with Gasteiger partial charge in [-0.15, -0.1) is 5.11 Å². The highest BCUT2D eigenvalue weighted by Gasteiger charge is 2.16. The van der Waals surface area contributed by atoms with Crippen LogP contribution in [-0.2, 0) is 6.54 Å². The molecule has 0 saturated carbocycles. The fourth-order valence-corrected chi connectivity index (χ4v) is 2.92. The van der Waals surface area contributed by atoms with Crippen LogP contribution in [0.15, 0.2) is 58.8 Å². The standard InChI is InChI=1S/C21H24N4O3/c1-14(2)11-12-28-16-9-7-15(8-10-16)13-25-18-6-4-3-5-17(18)19(20(25)26)23-24-21(22)27/h3-10,14,26H,11-13H2,1-2H3,(H2,22,27). The van der Waals surface area contributed by atoms with Crippen LogP contribution in [0.4, 0.5) is 10.5 Å². The third-order valence-electron chi connectivity index (χ3n) is 4.39. The Morgan fingerprint density at radius 1 is 1.18 bits per heavy atom. The van der Waals surface area contributed by atoms with Crippen molar-refractivity contribution in [3.63, 3.8) is 0 Å². The monoisotopic (exact) mass is 380 g/mol. The lowest BCUT2D eigenvalue weighted by molar-refractivity contribution is 0.255. The Balaban J connectivity index is 1.84. The molecule has 0 spiro atoms. The quantitative estimate of drug-likeness (QED) is 0.565. The van der Waals surface area contributed by atoms with Crippen LogP contribution in [0, 0.1) is 5.92 Å². The summed E-state index contributed by atoms with van der Waals surface area (Å²) in [4.78, 5) is 10.9. The number of hydrogen-bond donors (Lipinski definition) is 2. The van der Waals surface area contributed by atoms with Gasteiger partial charge in [-0.1, -0.05) is 49.3 Å². The number of ether oxygens (including phenoxy) is 1. The SMILES string of the molecule is CC(C)CCOc1ccc(Cn2c(O)c(N=NC(N)=O)c3ccccc32)cc1. The van der Waals surface area contributed by atoms with Crippen LogP contribution in [0.1, 0.15) is 25.8 Å². The first-order valence-corrected chi connectivity index (χ1v) is 9.19. The van der Waals surface area contributed by atoms with E-state index in [-0.39, 0.29) is 11.6 Å². The van der Waals surface area contributed by atoms with Crippen LogP contribution in [-0.4, -0.2) is 22.3 Å². The molecule has 2 amide bonds. The van der Waals surface area contributed by atoms with Gasteiger partial charge in [0, 0.05) is 5.39 Å². The highest BCUT2D eigenvalue weighted by atomic mass is 16.5. The molecule has 28 heavy (non-hydrogen) atoms. The van der Waals surface area contributed by atoms with Crippen molar-refractivity contribution in [1.82, 2.24) is 4.57 Å². The van der Waals surface area contributed by atoms with Gasteiger partial charge in [0.1, 0.15) is 5.75 Å². The molecule has 7 nitrogen and oxygen atoms in total. The minimum Gasteiger partial charge on any atom is -0.494 e. The van der Waals surface area contributed by atoms with Crippen LogP contribution in [0.2, 0.25) is 0 Å². The molecule has 146 valence electrons. The molecule has 7 heteroatoms. The lowest BCUT2D eigenvalue weighted by Gasteiger charge is -2.10. The number of para-hydroxylation sites is 1. The van der Waals surface area contributed by atoms with Gasteiger partial charge in [0.05, 0.1) is 18.7 Å². The molecule has 0 aliphatic carbocycles. The lowest BCUT2D eigenvalue weighted by Crippen LogP contribution is -2.02. The van der Waals surface area contributed by atoms with Crippen molar-refractivity contribution in [2.45, 2.75) is 26.8 Å². The second-order valence-electron chi connectivity index (χ2n) is 6.99. The normalized spacial score (nSPS) is 11.5. The molecule has 0 unspecified atom stereocenters. The van der Waals surface area contributed by atoms with Gasteiger partial charge in [-0.3, -0.25) is 0 Å². The Kier molecular flexibility index (Phi) is 5.93. The first-order valence-electron chi connectivity index (χ1n) is 9.19. The van der Waals surface area contributed by atoms with Gasteiger partial charge in [0.25, 0.3) is 0 Å². The Hall–Kier alpha value is -3.35. The zero-order valence-electron chi connectivity index (χ0n) is 16.0. The number of aromatic nitrogens is 1. The number of hydrogen-bond acceptors (Lipinski definition) is 4. The summed E-state index contributed by atoms with van der Waals surface area (Å²) in [6.07, 6.45) is 1.01. The zero-order chi connectivity index (χ0) is 20.1. The van der Waals surface area contributed by atoms with Crippen molar-refractivity contribution < 1.29 is 14.6 Å². The number of nitrogens with two attached hydrogens (primary N) is 1. The first-order chi connectivity index (χ1) is 13.5. The minimum absolute atomic E-state index is 0.0662. The number of benzene rings is 2. The lowest BCUT2D eigenvalue weighted by atomic mass is 10.1. The van der Waals surface area contributed by atoms with Crippen LogP contribution in [0.3, 0.4) is 0 Å². The summed E-state index contributed by atoms with van der Waals surface area (Å²) in [5.74, 6) is 1.36.